The fraction of sp³-hybridized carbons (Fsp3) is 0.250. The minimum atomic E-state index is -1.89. The average Bonchev–Trinajstić information content (AvgIpc) is 2.94. The van der Waals surface area contributed by atoms with Gasteiger partial charge in [0.15, 0.2) is 0 Å². The lowest BCUT2D eigenvalue weighted by Crippen LogP contribution is -2.56. The van der Waals surface area contributed by atoms with Crippen molar-refractivity contribution in [2.45, 2.75) is 53.4 Å². The molecule has 0 fully saturated rings. The third-order valence-corrected chi connectivity index (χ3v) is 13.2. The Hall–Kier alpha value is -2.73. The molecule has 0 N–H and O–H groups in total. The molecule has 180 valence electrons. The maximum absolute atomic E-state index is 7.37. The third-order valence-electron chi connectivity index (χ3n) is 7.04. The molecule has 0 unspecified atom stereocenters. The first-order chi connectivity index (χ1) is 17.1. The van der Waals surface area contributed by atoms with Crippen molar-refractivity contribution >= 4 is 38.8 Å². The van der Waals surface area contributed by atoms with Gasteiger partial charge < -0.3 is 4.12 Å². The number of hydrogen-bond donors (Lipinski definition) is 0. The Kier molecular flexibility index (Phi) is 8.92. The quantitative estimate of drug-likeness (QED) is 0.298. The molecule has 4 rings (SSSR count). The monoisotopic (exact) mass is 494 g/mol. The Balaban J connectivity index is 1.77. The number of rotatable bonds is 10. The first kappa shape index (κ1) is 25.4. The molecule has 0 spiro atoms. The Morgan fingerprint density at radius 1 is 0.371 bits per heavy atom. The molecule has 35 heavy (non-hydrogen) atoms. The van der Waals surface area contributed by atoms with Gasteiger partial charge >= 0.3 is 0 Å². The predicted molar refractivity (Wildman–Crippen MR) is 157 cm³/mol. The van der Waals surface area contributed by atoms with E-state index in [9.17, 15) is 0 Å². The minimum Gasteiger partial charge on any atom is -0.446 e. The SMILES string of the molecule is CCc1ccc([SiH](O[SiH](c2ccc(CC)cc2)c2ccc(CC)cc2)c2ccc(CC)cc2)cc1. The molecule has 1 nitrogen and oxygen atoms in total. The second kappa shape index (κ2) is 12.3. The molecule has 0 aromatic heterocycles. The van der Waals surface area contributed by atoms with Crippen molar-refractivity contribution in [3.05, 3.63) is 119 Å². The van der Waals surface area contributed by atoms with Crippen LogP contribution in [0.4, 0.5) is 0 Å². The molecule has 0 aliphatic rings. The van der Waals surface area contributed by atoms with Crippen LogP contribution in [0.2, 0.25) is 0 Å². The first-order valence-corrected chi connectivity index (χ1v) is 16.4. The first-order valence-electron chi connectivity index (χ1n) is 13.2. The maximum atomic E-state index is 7.37. The third kappa shape index (κ3) is 6.29. The van der Waals surface area contributed by atoms with Crippen LogP contribution in [0.5, 0.6) is 0 Å². The van der Waals surface area contributed by atoms with Crippen molar-refractivity contribution in [1.82, 2.24) is 0 Å². The highest BCUT2D eigenvalue weighted by atomic mass is 28.4. The van der Waals surface area contributed by atoms with Crippen LogP contribution in [0.3, 0.4) is 0 Å². The van der Waals surface area contributed by atoms with E-state index in [1.54, 1.807) is 0 Å². The highest BCUT2D eigenvalue weighted by molar-refractivity contribution is 6.91. The molecular weight excluding hydrogens is 457 g/mol. The van der Waals surface area contributed by atoms with Gasteiger partial charge in [0, 0.05) is 0 Å². The minimum absolute atomic E-state index is 1.06. The Morgan fingerprint density at radius 3 is 0.743 bits per heavy atom. The molecule has 3 heteroatoms. The molecule has 4 aromatic carbocycles. The van der Waals surface area contributed by atoms with Crippen molar-refractivity contribution < 1.29 is 4.12 Å². The van der Waals surface area contributed by atoms with Gasteiger partial charge in [-0.15, -0.1) is 0 Å². The molecule has 0 atom stereocenters. The van der Waals surface area contributed by atoms with Crippen molar-refractivity contribution in [2.75, 3.05) is 0 Å². The van der Waals surface area contributed by atoms with Crippen LogP contribution in [-0.2, 0) is 29.8 Å². The summed E-state index contributed by atoms with van der Waals surface area (Å²) in [6.45, 7) is 8.86. The van der Waals surface area contributed by atoms with Crippen LogP contribution in [-0.4, -0.2) is 18.1 Å². The smallest absolute Gasteiger partial charge is 0.228 e. The number of benzene rings is 4. The van der Waals surface area contributed by atoms with E-state index in [4.69, 9.17) is 4.12 Å². The van der Waals surface area contributed by atoms with Crippen LogP contribution in [0.25, 0.3) is 0 Å². The largest absolute Gasteiger partial charge is 0.446 e. The molecule has 0 aliphatic heterocycles. The fourth-order valence-corrected chi connectivity index (χ4v) is 11.1. The zero-order valence-corrected chi connectivity index (χ0v) is 23.9. The van der Waals surface area contributed by atoms with Crippen LogP contribution in [0.1, 0.15) is 49.9 Å². The molecule has 4 aromatic rings. The van der Waals surface area contributed by atoms with E-state index in [-0.39, 0.29) is 0 Å². The second-order valence-corrected chi connectivity index (χ2v) is 14.6. The molecule has 0 aliphatic carbocycles. The maximum Gasteiger partial charge on any atom is 0.228 e. The van der Waals surface area contributed by atoms with Gasteiger partial charge in [0.1, 0.15) is 0 Å². The van der Waals surface area contributed by atoms with E-state index < -0.39 is 18.1 Å². The van der Waals surface area contributed by atoms with Crippen molar-refractivity contribution in [1.29, 1.82) is 0 Å². The Bertz CT molecular complexity index is 989. The average molecular weight is 495 g/mol. The zero-order chi connectivity index (χ0) is 24.6. The molecule has 0 saturated heterocycles. The zero-order valence-electron chi connectivity index (χ0n) is 21.6. The second-order valence-electron chi connectivity index (χ2n) is 9.28. The summed E-state index contributed by atoms with van der Waals surface area (Å²) in [5.41, 5.74) is 5.51. The topological polar surface area (TPSA) is 9.23 Å². The normalized spacial score (nSPS) is 11.4. The molecule has 0 saturated carbocycles. The Morgan fingerprint density at radius 2 is 0.571 bits per heavy atom. The van der Waals surface area contributed by atoms with Gasteiger partial charge in [0.2, 0.25) is 18.1 Å². The lowest BCUT2D eigenvalue weighted by Gasteiger charge is -2.26. The summed E-state index contributed by atoms with van der Waals surface area (Å²) in [6.07, 6.45) is 4.24. The van der Waals surface area contributed by atoms with Gasteiger partial charge in [-0.25, -0.2) is 0 Å². The summed E-state index contributed by atoms with van der Waals surface area (Å²) in [6, 6.07) is 36.8. The number of aryl methyl sites for hydroxylation is 4. The molecular formula is C32H38OSi2. The predicted octanol–water partition coefficient (Wildman–Crippen LogP) is 4.33. The summed E-state index contributed by atoms with van der Waals surface area (Å²) >= 11 is 0. The summed E-state index contributed by atoms with van der Waals surface area (Å²) < 4.78 is 7.37. The van der Waals surface area contributed by atoms with Gasteiger partial charge in [-0.05, 0) is 68.7 Å². The summed E-state index contributed by atoms with van der Waals surface area (Å²) in [5, 5.41) is 5.44. The van der Waals surface area contributed by atoms with Crippen LogP contribution >= 0.6 is 0 Å². The standard InChI is InChI=1S/C32H38OSi2/c1-5-25-9-17-29(18-10-25)34(30-19-11-26(6-2)12-20-30)33-35(31-21-13-27(7-3)14-22-31)32-23-15-28(8-4)16-24-32/h9-24,34-35H,5-8H2,1-4H3. The molecule has 0 bridgehead atoms. The highest BCUT2D eigenvalue weighted by Crippen LogP contribution is 2.07. The molecule has 0 heterocycles. The lowest BCUT2D eigenvalue weighted by molar-refractivity contribution is 0.633. The summed E-state index contributed by atoms with van der Waals surface area (Å²) in [7, 11) is -3.78. The van der Waals surface area contributed by atoms with E-state index in [1.165, 1.54) is 43.0 Å². The summed E-state index contributed by atoms with van der Waals surface area (Å²) in [4.78, 5) is 0. The van der Waals surface area contributed by atoms with E-state index in [2.05, 4.69) is 125 Å². The van der Waals surface area contributed by atoms with E-state index >= 15 is 0 Å². The van der Waals surface area contributed by atoms with Gasteiger partial charge in [0.25, 0.3) is 0 Å². The van der Waals surface area contributed by atoms with Crippen LogP contribution < -0.4 is 20.7 Å². The van der Waals surface area contributed by atoms with Crippen molar-refractivity contribution in [2.24, 2.45) is 0 Å². The summed E-state index contributed by atoms with van der Waals surface area (Å²) in [5.74, 6) is 0. The van der Waals surface area contributed by atoms with Crippen molar-refractivity contribution in [3.8, 4) is 0 Å². The fourth-order valence-electron chi connectivity index (χ4n) is 4.55. The van der Waals surface area contributed by atoms with Crippen molar-refractivity contribution in [3.63, 3.8) is 0 Å². The Labute approximate surface area is 215 Å². The van der Waals surface area contributed by atoms with E-state index in [0.717, 1.165) is 25.7 Å². The number of hydrogen-bond acceptors (Lipinski definition) is 1. The van der Waals surface area contributed by atoms with Crippen LogP contribution in [0, 0.1) is 0 Å². The lowest BCUT2D eigenvalue weighted by atomic mass is 10.2. The van der Waals surface area contributed by atoms with Gasteiger partial charge in [-0.1, -0.05) is 125 Å². The molecule has 0 amide bonds. The van der Waals surface area contributed by atoms with Gasteiger partial charge in [-0.3, -0.25) is 0 Å². The van der Waals surface area contributed by atoms with Gasteiger partial charge in [-0.2, -0.15) is 0 Å². The van der Waals surface area contributed by atoms with E-state index in [0.29, 0.717) is 0 Å². The highest BCUT2D eigenvalue weighted by Gasteiger charge is 2.26. The molecule has 0 radical (unpaired) electrons. The van der Waals surface area contributed by atoms with Crippen LogP contribution in [0.15, 0.2) is 97.1 Å². The van der Waals surface area contributed by atoms with Gasteiger partial charge in [0.05, 0.1) is 0 Å². The van der Waals surface area contributed by atoms with E-state index in [1.807, 2.05) is 0 Å².